The maximum absolute atomic E-state index is 11.9. The van der Waals surface area contributed by atoms with E-state index in [0.717, 1.165) is 4.90 Å². The van der Waals surface area contributed by atoms with Crippen LogP contribution in [0.5, 0.6) is 11.5 Å². The second kappa shape index (κ2) is 10.3. The van der Waals surface area contributed by atoms with Crippen LogP contribution in [0.2, 0.25) is 10.0 Å². The zero-order valence-electron chi connectivity index (χ0n) is 14.3. The van der Waals surface area contributed by atoms with E-state index in [9.17, 15) is 4.79 Å². The Balaban J connectivity index is 1.92. The molecule has 1 N–H and O–H groups in total. The van der Waals surface area contributed by atoms with Gasteiger partial charge in [-0.1, -0.05) is 23.2 Å². The van der Waals surface area contributed by atoms with E-state index >= 15 is 0 Å². The lowest BCUT2D eigenvalue weighted by Gasteiger charge is -2.11. The van der Waals surface area contributed by atoms with Gasteiger partial charge in [-0.05, 0) is 37.3 Å². The maximum atomic E-state index is 11.9. The van der Waals surface area contributed by atoms with Crippen LogP contribution in [0.1, 0.15) is 12.5 Å². The highest BCUT2D eigenvalue weighted by Gasteiger charge is 2.09. The van der Waals surface area contributed by atoms with E-state index in [-0.39, 0.29) is 11.7 Å². The topological polar surface area (TPSA) is 59.9 Å². The molecule has 0 bridgehead atoms. The molecule has 0 spiro atoms. The predicted octanol–water partition coefficient (Wildman–Crippen LogP) is 4.64. The molecular weight excluding hydrogens is 395 g/mol. The van der Waals surface area contributed by atoms with Crippen LogP contribution < -0.4 is 14.9 Å². The van der Waals surface area contributed by atoms with Gasteiger partial charge in [0, 0.05) is 21.5 Å². The lowest BCUT2D eigenvalue weighted by Crippen LogP contribution is -2.19. The Morgan fingerprint density at radius 2 is 1.96 bits per heavy atom. The first kappa shape index (κ1) is 20.4. The van der Waals surface area contributed by atoms with Gasteiger partial charge in [-0.15, -0.1) is 11.8 Å². The molecule has 0 saturated heterocycles. The van der Waals surface area contributed by atoms with Crippen molar-refractivity contribution < 1.29 is 14.3 Å². The summed E-state index contributed by atoms with van der Waals surface area (Å²) in [6.07, 6.45) is 1.46. The average molecular weight is 413 g/mol. The highest BCUT2D eigenvalue weighted by Crippen LogP contribution is 2.32. The van der Waals surface area contributed by atoms with Gasteiger partial charge in [0.05, 0.1) is 30.7 Å². The van der Waals surface area contributed by atoms with E-state index in [2.05, 4.69) is 10.5 Å². The third kappa shape index (κ3) is 6.12. The van der Waals surface area contributed by atoms with E-state index in [0.29, 0.717) is 33.7 Å². The first-order chi connectivity index (χ1) is 12.5. The van der Waals surface area contributed by atoms with Crippen LogP contribution in [0.4, 0.5) is 0 Å². The molecule has 0 atom stereocenters. The number of carbonyl (C=O) groups is 1. The van der Waals surface area contributed by atoms with Crippen molar-refractivity contribution in [1.82, 2.24) is 5.43 Å². The van der Waals surface area contributed by atoms with E-state index in [4.69, 9.17) is 32.7 Å². The van der Waals surface area contributed by atoms with Gasteiger partial charge in [0.1, 0.15) is 0 Å². The van der Waals surface area contributed by atoms with E-state index in [1.54, 1.807) is 31.4 Å². The first-order valence-electron chi connectivity index (χ1n) is 7.74. The SMILES string of the molecule is CCOc1cc(Cl)c(/C=N\NC(=O)CSc2ccc(Cl)cc2)cc1OC. The molecule has 2 rings (SSSR count). The molecule has 2 aromatic carbocycles. The molecule has 2 aromatic rings. The van der Waals surface area contributed by atoms with Gasteiger partial charge in [-0.2, -0.15) is 5.10 Å². The summed E-state index contributed by atoms with van der Waals surface area (Å²) in [6, 6.07) is 10.6. The number of rotatable bonds is 8. The Morgan fingerprint density at radius 1 is 1.23 bits per heavy atom. The normalized spacial score (nSPS) is 10.8. The lowest BCUT2D eigenvalue weighted by molar-refractivity contribution is -0.118. The van der Waals surface area contributed by atoms with Crippen LogP contribution in [-0.4, -0.2) is 31.6 Å². The molecule has 0 heterocycles. The Labute approximate surface area is 166 Å². The van der Waals surface area contributed by atoms with Crippen molar-refractivity contribution >= 4 is 47.1 Å². The fraction of sp³-hybridized carbons (Fsp3) is 0.222. The fourth-order valence-corrected chi connectivity index (χ4v) is 2.98. The van der Waals surface area contributed by atoms with Gasteiger partial charge in [0.15, 0.2) is 11.5 Å². The van der Waals surface area contributed by atoms with Crippen molar-refractivity contribution in [3.05, 3.63) is 52.0 Å². The minimum Gasteiger partial charge on any atom is -0.493 e. The van der Waals surface area contributed by atoms with E-state index < -0.39 is 0 Å². The third-order valence-electron chi connectivity index (χ3n) is 3.16. The molecule has 0 fully saturated rings. The van der Waals surface area contributed by atoms with Crippen molar-refractivity contribution in [2.75, 3.05) is 19.5 Å². The number of ether oxygens (including phenoxy) is 2. The smallest absolute Gasteiger partial charge is 0.250 e. The molecule has 0 radical (unpaired) electrons. The first-order valence-corrected chi connectivity index (χ1v) is 9.48. The fourth-order valence-electron chi connectivity index (χ4n) is 1.96. The van der Waals surface area contributed by atoms with Crippen molar-refractivity contribution in [2.45, 2.75) is 11.8 Å². The zero-order valence-corrected chi connectivity index (χ0v) is 16.6. The molecule has 8 heteroatoms. The number of carbonyl (C=O) groups excluding carboxylic acids is 1. The minimum atomic E-state index is -0.227. The maximum Gasteiger partial charge on any atom is 0.250 e. The Morgan fingerprint density at radius 3 is 2.62 bits per heavy atom. The molecule has 0 aliphatic rings. The molecule has 0 saturated carbocycles. The molecule has 0 aliphatic heterocycles. The number of thioether (sulfide) groups is 1. The number of hydrazone groups is 1. The number of halogens is 2. The van der Waals surface area contributed by atoms with Crippen LogP contribution in [0, 0.1) is 0 Å². The summed E-state index contributed by atoms with van der Waals surface area (Å²) in [4.78, 5) is 12.8. The minimum absolute atomic E-state index is 0.227. The summed E-state index contributed by atoms with van der Waals surface area (Å²) in [6.45, 7) is 2.38. The molecule has 26 heavy (non-hydrogen) atoms. The average Bonchev–Trinajstić information content (AvgIpc) is 2.63. The summed E-state index contributed by atoms with van der Waals surface area (Å²) in [7, 11) is 1.54. The van der Waals surface area contributed by atoms with Crippen molar-refractivity contribution in [3.8, 4) is 11.5 Å². The second-order valence-corrected chi connectivity index (χ2v) is 6.89. The lowest BCUT2D eigenvalue weighted by atomic mass is 10.2. The number of nitrogens with zero attached hydrogens (tertiary/aromatic N) is 1. The number of benzene rings is 2. The Bertz CT molecular complexity index is 783. The summed E-state index contributed by atoms with van der Waals surface area (Å²) in [5, 5.41) is 5.05. The largest absolute Gasteiger partial charge is 0.493 e. The van der Waals surface area contributed by atoms with Crippen LogP contribution >= 0.6 is 35.0 Å². The summed E-state index contributed by atoms with van der Waals surface area (Å²) in [5.74, 6) is 1.11. The van der Waals surface area contributed by atoms with Gasteiger partial charge in [0.25, 0.3) is 0 Å². The predicted molar refractivity (Wildman–Crippen MR) is 107 cm³/mol. The molecule has 1 amide bonds. The van der Waals surface area contributed by atoms with Gasteiger partial charge in [-0.25, -0.2) is 5.43 Å². The van der Waals surface area contributed by atoms with Gasteiger partial charge in [-0.3, -0.25) is 4.79 Å². The van der Waals surface area contributed by atoms with Crippen molar-refractivity contribution in [3.63, 3.8) is 0 Å². The summed E-state index contributed by atoms with van der Waals surface area (Å²) >= 11 is 13.4. The van der Waals surface area contributed by atoms with Gasteiger partial charge in [0.2, 0.25) is 5.91 Å². The van der Waals surface area contributed by atoms with Gasteiger partial charge >= 0.3 is 0 Å². The third-order valence-corrected chi connectivity index (χ3v) is 4.75. The number of amides is 1. The van der Waals surface area contributed by atoms with Crippen LogP contribution in [0.25, 0.3) is 0 Å². The Hall–Kier alpha value is -1.89. The number of hydrogen-bond donors (Lipinski definition) is 1. The van der Waals surface area contributed by atoms with Crippen LogP contribution in [0.15, 0.2) is 46.4 Å². The highest BCUT2D eigenvalue weighted by atomic mass is 35.5. The molecule has 138 valence electrons. The van der Waals surface area contributed by atoms with Crippen molar-refractivity contribution in [1.29, 1.82) is 0 Å². The zero-order chi connectivity index (χ0) is 18.9. The quantitative estimate of drug-likeness (QED) is 0.389. The summed E-state index contributed by atoms with van der Waals surface area (Å²) in [5.41, 5.74) is 3.08. The second-order valence-electron chi connectivity index (χ2n) is 4.99. The standard InChI is InChI=1S/C18H18Cl2N2O3S/c1-3-25-17-9-15(20)12(8-16(17)24-2)10-21-22-18(23)11-26-14-6-4-13(19)5-7-14/h4-10H,3,11H2,1-2H3,(H,22,23)/b21-10-. The van der Waals surface area contributed by atoms with Crippen LogP contribution in [-0.2, 0) is 4.79 Å². The van der Waals surface area contributed by atoms with E-state index in [1.807, 2.05) is 19.1 Å². The highest BCUT2D eigenvalue weighted by molar-refractivity contribution is 8.00. The Kier molecular flexibility index (Phi) is 8.09. The monoisotopic (exact) mass is 412 g/mol. The molecule has 0 aliphatic carbocycles. The van der Waals surface area contributed by atoms with Crippen molar-refractivity contribution in [2.24, 2.45) is 5.10 Å². The molecule has 5 nitrogen and oxygen atoms in total. The molecule has 0 unspecified atom stereocenters. The number of hydrogen-bond acceptors (Lipinski definition) is 5. The van der Waals surface area contributed by atoms with Gasteiger partial charge < -0.3 is 9.47 Å². The van der Waals surface area contributed by atoms with E-state index in [1.165, 1.54) is 18.0 Å². The number of methoxy groups -OCH3 is 1. The molecular formula is C18H18Cl2N2O3S. The summed E-state index contributed by atoms with van der Waals surface area (Å²) < 4.78 is 10.7. The number of nitrogens with one attached hydrogen (secondary N) is 1. The van der Waals surface area contributed by atoms with Crippen LogP contribution in [0.3, 0.4) is 0 Å². The molecule has 0 aromatic heterocycles.